The quantitative estimate of drug-likeness (QED) is 0.157. The molecular weight excluding hydrogens is 794 g/mol. The van der Waals surface area contributed by atoms with Gasteiger partial charge in [-0.2, -0.15) is 5.26 Å². The Morgan fingerprint density at radius 2 is 0.615 bits per heavy atom. The van der Waals surface area contributed by atoms with Crippen molar-refractivity contribution in [3.8, 4) is 73.1 Å². The summed E-state index contributed by atoms with van der Waals surface area (Å²) in [5.41, 5.74) is 15.2. The van der Waals surface area contributed by atoms with Crippen LogP contribution in [0.3, 0.4) is 0 Å². The molecule has 3 nitrogen and oxygen atoms in total. The summed E-state index contributed by atoms with van der Waals surface area (Å²) in [6, 6.07) is 81.5. The van der Waals surface area contributed by atoms with Crippen LogP contribution in [-0.2, 0) is 0 Å². The van der Waals surface area contributed by atoms with Gasteiger partial charge in [0.1, 0.15) is 17.4 Å². The van der Waals surface area contributed by atoms with Crippen molar-refractivity contribution in [2.75, 3.05) is 0 Å². The Balaban J connectivity index is 1.24. The Morgan fingerprint density at radius 1 is 0.308 bits per heavy atom. The molecule has 0 spiro atoms. The highest BCUT2D eigenvalue weighted by Gasteiger charge is 2.24. The van der Waals surface area contributed by atoms with Crippen LogP contribution >= 0.6 is 0 Å². The Kier molecular flexibility index (Phi) is 9.07. The smallest absolute Gasteiger partial charge is 0.131 e. The van der Waals surface area contributed by atoms with Crippen molar-refractivity contribution in [2.24, 2.45) is 0 Å². The van der Waals surface area contributed by atoms with Crippen LogP contribution in [0.1, 0.15) is 5.56 Å². The van der Waals surface area contributed by atoms with E-state index in [-0.39, 0.29) is 5.82 Å². The van der Waals surface area contributed by atoms with Crippen LogP contribution in [0.15, 0.2) is 231 Å². The van der Waals surface area contributed by atoms with Crippen molar-refractivity contribution in [1.82, 2.24) is 9.13 Å². The molecule has 12 aromatic rings. The fraction of sp³-hybridized carbons (Fsp3) is 0. The van der Waals surface area contributed by atoms with E-state index in [9.17, 15) is 5.26 Å². The van der Waals surface area contributed by atoms with Gasteiger partial charge < -0.3 is 9.13 Å². The van der Waals surface area contributed by atoms with E-state index in [1.54, 1.807) is 6.07 Å². The SMILES string of the molecule is N#Cc1c(-n2c3cc(-c4ccccc4)ccc3c3ccc(-c4ccccc4)cc32)cc(-c2ccccc2F)cc1-n1c2cc(-c3ccccc3)ccc2c2ccc(-c3ccccc3)cc21. The highest BCUT2D eigenvalue weighted by Crippen LogP contribution is 2.43. The van der Waals surface area contributed by atoms with Gasteiger partial charge in [0.25, 0.3) is 0 Å². The highest BCUT2D eigenvalue weighted by molar-refractivity contribution is 6.13. The number of benzene rings is 10. The molecule has 0 saturated heterocycles. The van der Waals surface area contributed by atoms with Gasteiger partial charge in [-0.3, -0.25) is 0 Å². The summed E-state index contributed by atoms with van der Waals surface area (Å²) in [4.78, 5) is 0. The van der Waals surface area contributed by atoms with E-state index in [0.29, 0.717) is 28.1 Å². The van der Waals surface area contributed by atoms with Gasteiger partial charge in [-0.05, 0) is 92.5 Å². The van der Waals surface area contributed by atoms with Crippen molar-refractivity contribution in [3.05, 3.63) is 242 Å². The molecule has 12 rings (SSSR count). The molecular formula is C61H38FN3. The molecule has 0 unspecified atom stereocenters. The fourth-order valence-corrected chi connectivity index (χ4v) is 9.73. The molecule has 2 heterocycles. The first-order valence-corrected chi connectivity index (χ1v) is 21.8. The number of hydrogen-bond acceptors (Lipinski definition) is 1. The standard InChI is InChI=1S/C61H38FN3/c62-55-24-14-13-23-49(55)48-37-60(64-56-33-44(40-15-5-1-6-16-40)25-29-50(56)51-30-26-45(34-57(51)64)41-17-7-2-8-18-41)54(39-63)61(38-48)65-58-35-46(42-19-9-3-10-20-42)27-31-52(58)53-32-28-47(36-59(53)65)43-21-11-4-12-22-43/h1-38H. The maximum Gasteiger partial charge on any atom is 0.131 e. The summed E-state index contributed by atoms with van der Waals surface area (Å²) in [7, 11) is 0. The molecule has 65 heavy (non-hydrogen) atoms. The van der Waals surface area contributed by atoms with Gasteiger partial charge in [-0.15, -0.1) is 0 Å². The molecule has 0 radical (unpaired) electrons. The first-order valence-electron chi connectivity index (χ1n) is 21.8. The minimum atomic E-state index is -0.339. The van der Waals surface area contributed by atoms with Crippen molar-refractivity contribution in [2.45, 2.75) is 0 Å². The van der Waals surface area contributed by atoms with E-state index in [1.807, 2.05) is 48.5 Å². The lowest BCUT2D eigenvalue weighted by Gasteiger charge is -2.19. The molecule has 0 atom stereocenters. The zero-order chi connectivity index (χ0) is 43.4. The molecule has 0 aliphatic carbocycles. The lowest BCUT2D eigenvalue weighted by molar-refractivity contribution is 0.631. The number of aromatic nitrogens is 2. The van der Waals surface area contributed by atoms with Gasteiger partial charge in [-0.1, -0.05) is 188 Å². The predicted molar refractivity (Wildman–Crippen MR) is 267 cm³/mol. The molecule has 10 aromatic carbocycles. The first kappa shape index (κ1) is 37.9. The van der Waals surface area contributed by atoms with E-state index >= 15 is 4.39 Å². The lowest BCUT2D eigenvalue weighted by atomic mass is 9.99. The third-order valence-corrected chi connectivity index (χ3v) is 12.8. The minimum Gasteiger partial charge on any atom is -0.308 e. The van der Waals surface area contributed by atoms with Crippen LogP contribution in [0.5, 0.6) is 0 Å². The maximum atomic E-state index is 16.3. The van der Waals surface area contributed by atoms with Crippen molar-refractivity contribution in [3.63, 3.8) is 0 Å². The predicted octanol–water partition coefficient (Wildman–Crippen LogP) is 16.2. The van der Waals surface area contributed by atoms with Gasteiger partial charge in [0.05, 0.1) is 33.4 Å². The summed E-state index contributed by atoms with van der Waals surface area (Å²) in [6.07, 6.45) is 0. The summed E-state index contributed by atoms with van der Waals surface area (Å²) < 4.78 is 20.8. The number of fused-ring (bicyclic) bond motifs is 6. The van der Waals surface area contributed by atoms with Crippen LogP contribution < -0.4 is 0 Å². The zero-order valence-corrected chi connectivity index (χ0v) is 35.2. The second kappa shape index (κ2) is 15.5. The van der Waals surface area contributed by atoms with Gasteiger partial charge in [0, 0.05) is 27.1 Å². The number of rotatable bonds is 7. The average Bonchev–Trinajstić information content (AvgIpc) is 3.88. The monoisotopic (exact) mass is 831 g/mol. The molecule has 304 valence electrons. The summed E-state index contributed by atoms with van der Waals surface area (Å²) >= 11 is 0. The fourth-order valence-electron chi connectivity index (χ4n) is 9.73. The third kappa shape index (κ3) is 6.41. The Labute approximate surface area is 375 Å². The molecule has 0 aliphatic heterocycles. The molecule has 0 saturated carbocycles. The van der Waals surface area contributed by atoms with Crippen molar-refractivity contribution < 1.29 is 4.39 Å². The van der Waals surface area contributed by atoms with Crippen molar-refractivity contribution in [1.29, 1.82) is 5.26 Å². The average molecular weight is 832 g/mol. The van der Waals surface area contributed by atoms with Crippen LogP contribution in [0.4, 0.5) is 4.39 Å². The normalized spacial score (nSPS) is 11.4. The molecule has 0 bridgehead atoms. The van der Waals surface area contributed by atoms with E-state index in [2.05, 4.69) is 185 Å². The summed E-state index contributed by atoms with van der Waals surface area (Å²) in [6.45, 7) is 0. The summed E-state index contributed by atoms with van der Waals surface area (Å²) in [5.74, 6) is -0.339. The van der Waals surface area contributed by atoms with Crippen LogP contribution in [0, 0.1) is 17.1 Å². The number of nitriles is 1. The van der Waals surface area contributed by atoms with E-state index < -0.39 is 0 Å². The second-order valence-electron chi connectivity index (χ2n) is 16.5. The van der Waals surface area contributed by atoms with Gasteiger partial charge in [0.2, 0.25) is 0 Å². The third-order valence-electron chi connectivity index (χ3n) is 12.8. The lowest BCUT2D eigenvalue weighted by Crippen LogP contribution is -2.06. The van der Waals surface area contributed by atoms with E-state index in [0.717, 1.165) is 88.1 Å². The van der Waals surface area contributed by atoms with Crippen LogP contribution in [-0.4, -0.2) is 9.13 Å². The van der Waals surface area contributed by atoms with Crippen LogP contribution in [0.25, 0.3) is 111 Å². The maximum absolute atomic E-state index is 16.3. The highest BCUT2D eigenvalue weighted by atomic mass is 19.1. The molecule has 0 N–H and O–H groups in total. The molecule has 0 fully saturated rings. The Bertz CT molecular complexity index is 3410. The Morgan fingerprint density at radius 3 is 0.923 bits per heavy atom. The topological polar surface area (TPSA) is 33.6 Å². The Hall–Kier alpha value is -8.78. The number of halogens is 1. The van der Waals surface area contributed by atoms with Crippen molar-refractivity contribution >= 4 is 43.6 Å². The molecule has 0 aliphatic rings. The summed E-state index contributed by atoms with van der Waals surface area (Å²) in [5, 5.41) is 16.0. The number of hydrogen-bond donors (Lipinski definition) is 0. The number of nitrogens with zero attached hydrogens (tertiary/aromatic N) is 3. The van der Waals surface area contributed by atoms with Crippen LogP contribution in [0.2, 0.25) is 0 Å². The van der Waals surface area contributed by atoms with Gasteiger partial charge in [-0.25, -0.2) is 4.39 Å². The zero-order valence-electron chi connectivity index (χ0n) is 35.2. The van der Waals surface area contributed by atoms with E-state index in [4.69, 9.17) is 0 Å². The second-order valence-corrected chi connectivity index (χ2v) is 16.5. The molecule has 0 amide bonds. The largest absolute Gasteiger partial charge is 0.308 e. The van der Waals surface area contributed by atoms with Gasteiger partial charge in [0.15, 0.2) is 0 Å². The molecule has 4 heteroatoms. The first-order chi connectivity index (χ1) is 32.1. The van der Waals surface area contributed by atoms with Gasteiger partial charge >= 0.3 is 0 Å². The minimum absolute atomic E-state index is 0.339. The molecule has 2 aromatic heterocycles. The van der Waals surface area contributed by atoms with E-state index in [1.165, 1.54) is 6.07 Å².